The van der Waals surface area contributed by atoms with Crippen molar-refractivity contribution < 1.29 is 9.90 Å². The lowest BCUT2D eigenvalue weighted by Crippen LogP contribution is -2.12. The Bertz CT molecular complexity index is 967. The lowest BCUT2D eigenvalue weighted by Gasteiger charge is -2.14. The van der Waals surface area contributed by atoms with Crippen molar-refractivity contribution in [3.63, 3.8) is 0 Å². The molecule has 1 aromatic heterocycles. The molecule has 1 atom stereocenters. The van der Waals surface area contributed by atoms with Gasteiger partial charge in [-0.1, -0.05) is 89.8 Å². The monoisotopic (exact) mass is 478 g/mol. The lowest BCUT2D eigenvalue weighted by atomic mass is 9.92. The average Bonchev–Trinajstić information content (AvgIpc) is 3.22. The molecule has 0 aliphatic carbocycles. The molecule has 0 saturated carbocycles. The third-order valence-corrected chi connectivity index (χ3v) is 4.42. The average molecular weight is 479 g/mol. The summed E-state index contributed by atoms with van der Waals surface area (Å²) in [6.07, 6.45) is 20.1. The van der Waals surface area contributed by atoms with Gasteiger partial charge in [0.2, 0.25) is 6.41 Å². The molecule has 0 bridgehead atoms. The Balaban J connectivity index is 0. The van der Waals surface area contributed by atoms with Crippen molar-refractivity contribution in [2.75, 3.05) is 12.3 Å². The first-order valence-electron chi connectivity index (χ1n) is 11.1. The van der Waals surface area contributed by atoms with E-state index in [1.807, 2.05) is 51.1 Å². The number of amides is 1. The Morgan fingerprint density at radius 3 is 2.23 bits per heavy atom. The van der Waals surface area contributed by atoms with Crippen LogP contribution in [0.1, 0.15) is 47.2 Å². The number of carbonyl (C=O) groups is 1. The summed E-state index contributed by atoms with van der Waals surface area (Å²) in [7, 11) is 0. The number of nitrogens with two attached hydrogens (primary N) is 1. The molecule has 1 heterocycles. The Kier molecular flexibility index (Phi) is 17.7. The molecule has 0 radical (unpaired) electrons. The zero-order chi connectivity index (χ0) is 27.4. The van der Waals surface area contributed by atoms with E-state index < -0.39 is 0 Å². The van der Waals surface area contributed by atoms with E-state index >= 15 is 0 Å². The summed E-state index contributed by atoms with van der Waals surface area (Å²) in [4.78, 5) is 9.86. The van der Waals surface area contributed by atoms with Crippen LogP contribution in [-0.4, -0.2) is 27.9 Å². The summed E-state index contributed by atoms with van der Waals surface area (Å²) in [6, 6.07) is 1.85. The van der Waals surface area contributed by atoms with Crippen molar-refractivity contribution in [1.29, 1.82) is 0 Å². The smallest absolute Gasteiger partial charge is 0.211 e. The van der Waals surface area contributed by atoms with E-state index in [9.17, 15) is 4.79 Å². The van der Waals surface area contributed by atoms with Crippen LogP contribution in [0.25, 0.3) is 5.70 Å². The van der Waals surface area contributed by atoms with Gasteiger partial charge in [0.15, 0.2) is 0 Å². The largest absolute Gasteiger partial charge is 0.396 e. The molecule has 1 unspecified atom stereocenters. The molecular weight excluding hydrogens is 436 g/mol. The third-order valence-electron chi connectivity index (χ3n) is 4.42. The Morgan fingerprint density at radius 2 is 1.86 bits per heavy atom. The van der Waals surface area contributed by atoms with E-state index in [0.717, 1.165) is 17.0 Å². The second-order valence-corrected chi connectivity index (χ2v) is 8.50. The van der Waals surface area contributed by atoms with Crippen LogP contribution in [0.2, 0.25) is 0 Å². The zero-order valence-corrected chi connectivity index (χ0v) is 22.1. The second-order valence-electron chi connectivity index (χ2n) is 8.50. The number of allylic oxidation sites excluding steroid dienone is 10. The van der Waals surface area contributed by atoms with Gasteiger partial charge < -0.3 is 16.2 Å². The molecule has 0 saturated heterocycles. The van der Waals surface area contributed by atoms with Crippen molar-refractivity contribution in [2.24, 2.45) is 5.92 Å². The van der Waals surface area contributed by atoms with Crippen molar-refractivity contribution >= 4 is 17.9 Å². The molecule has 35 heavy (non-hydrogen) atoms. The molecule has 0 aliphatic rings. The van der Waals surface area contributed by atoms with Crippen molar-refractivity contribution in [2.45, 2.75) is 47.0 Å². The number of nitrogen functional groups attached to an aromatic ring is 1. The molecule has 0 aromatic carbocycles. The van der Waals surface area contributed by atoms with Crippen LogP contribution in [0.3, 0.4) is 0 Å². The van der Waals surface area contributed by atoms with Gasteiger partial charge in [0, 0.05) is 29.9 Å². The molecule has 0 spiro atoms. The highest BCUT2D eigenvalue weighted by molar-refractivity contribution is 5.63. The number of hydrogen-bond donors (Lipinski definition) is 3. The SMILES string of the molecule is C#C/C=C(\C=C/C(C)CO)n1nc(C(C)(C)C)cc1N.C=C/C(C)=C(/C)NC=O.C=C/C=C/C=C. The van der Waals surface area contributed by atoms with Gasteiger partial charge >= 0.3 is 0 Å². The summed E-state index contributed by atoms with van der Waals surface area (Å²) in [5, 5.41) is 16.1. The van der Waals surface area contributed by atoms with E-state index in [4.69, 9.17) is 17.3 Å². The van der Waals surface area contributed by atoms with Gasteiger partial charge in [-0.05, 0) is 31.4 Å². The Labute approximate surface area is 212 Å². The summed E-state index contributed by atoms with van der Waals surface area (Å²) in [6.45, 7) is 22.4. The minimum absolute atomic E-state index is 0.0510. The number of terminal acetylenes is 1. The van der Waals surface area contributed by atoms with Crippen molar-refractivity contribution in [3.05, 3.63) is 91.4 Å². The van der Waals surface area contributed by atoms with Gasteiger partial charge in [-0.25, -0.2) is 4.68 Å². The van der Waals surface area contributed by atoms with Crippen LogP contribution in [0, 0.1) is 18.3 Å². The highest BCUT2D eigenvalue weighted by Crippen LogP contribution is 2.24. The molecule has 4 N–H and O–H groups in total. The normalized spacial score (nSPS) is 12.8. The fourth-order valence-corrected chi connectivity index (χ4v) is 2.07. The molecule has 1 amide bonds. The van der Waals surface area contributed by atoms with E-state index in [0.29, 0.717) is 17.9 Å². The Hall–Kier alpha value is -3.82. The summed E-state index contributed by atoms with van der Waals surface area (Å²) in [5.74, 6) is 3.08. The third kappa shape index (κ3) is 14.8. The van der Waals surface area contributed by atoms with Crippen LogP contribution < -0.4 is 11.1 Å². The van der Waals surface area contributed by atoms with E-state index in [1.54, 1.807) is 29.0 Å². The number of nitrogens with zero attached hydrogens (tertiary/aromatic N) is 2. The fraction of sp³-hybridized carbons (Fsp3) is 0.310. The van der Waals surface area contributed by atoms with Gasteiger partial charge in [0.25, 0.3) is 0 Å². The molecule has 1 aromatic rings. The van der Waals surface area contributed by atoms with Crippen molar-refractivity contribution in [1.82, 2.24) is 15.1 Å². The fourth-order valence-electron chi connectivity index (χ4n) is 2.07. The second kappa shape index (κ2) is 18.6. The molecule has 0 aliphatic heterocycles. The maximum Gasteiger partial charge on any atom is 0.211 e. The van der Waals surface area contributed by atoms with Gasteiger partial charge in [-0.3, -0.25) is 4.79 Å². The summed E-state index contributed by atoms with van der Waals surface area (Å²) < 4.78 is 1.63. The highest BCUT2D eigenvalue weighted by atomic mass is 16.3. The quantitative estimate of drug-likeness (QED) is 0.246. The first-order valence-corrected chi connectivity index (χ1v) is 11.1. The highest BCUT2D eigenvalue weighted by Gasteiger charge is 2.19. The van der Waals surface area contributed by atoms with E-state index in [-0.39, 0.29) is 17.9 Å². The van der Waals surface area contributed by atoms with E-state index in [1.165, 1.54) is 0 Å². The van der Waals surface area contributed by atoms with Crippen LogP contribution in [0.5, 0.6) is 0 Å². The number of anilines is 1. The number of carbonyl (C=O) groups excluding carboxylic acids is 1. The predicted molar refractivity (Wildman–Crippen MR) is 151 cm³/mol. The van der Waals surface area contributed by atoms with Gasteiger partial charge in [-0.2, -0.15) is 5.10 Å². The lowest BCUT2D eigenvalue weighted by molar-refractivity contribution is -0.108. The first kappa shape index (κ1) is 33.4. The first-order chi connectivity index (χ1) is 16.4. The van der Waals surface area contributed by atoms with Crippen molar-refractivity contribution in [3.8, 4) is 12.3 Å². The summed E-state index contributed by atoms with van der Waals surface area (Å²) in [5.41, 5.74) is 9.38. The van der Waals surface area contributed by atoms with Crippen LogP contribution in [-0.2, 0) is 10.2 Å². The minimum atomic E-state index is -0.0806. The van der Waals surface area contributed by atoms with Gasteiger partial charge in [-0.15, -0.1) is 6.42 Å². The number of hydrogen-bond acceptors (Lipinski definition) is 4. The van der Waals surface area contributed by atoms with Crippen LogP contribution in [0.15, 0.2) is 85.7 Å². The number of aromatic nitrogens is 2. The molecule has 1 rings (SSSR count). The summed E-state index contributed by atoms with van der Waals surface area (Å²) >= 11 is 0. The van der Waals surface area contributed by atoms with Gasteiger partial charge in [0.05, 0.1) is 11.4 Å². The molecule has 6 heteroatoms. The molecule has 190 valence electrons. The number of aliphatic hydroxyl groups is 1. The maximum absolute atomic E-state index is 9.86. The Morgan fingerprint density at radius 1 is 1.29 bits per heavy atom. The minimum Gasteiger partial charge on any atom is -0.396 e. The van der Waals surface area contributed by atoms with Crippen LogP contribution >= 0.6 is 0 Å². The maximum atomic E-state index is 9.86. The number of rotatable bonds is 9. The molecule has 6 nitrogen and oxygen atoms in total. The van der Waals surface area contributed by atoms with E-state index in [2.05, 4.69) is 56.8 Å². The topological polar surface area (TPSA) is 93.2 Å². The van der Waals surface area contributed by atoms with Gasteiger partial charge in [0.1, 0.15) is 5.82 Å². The zero-order valence-electron chi connectivity index (χ0n) is 22.1. The standard InChI is InChI=1S/C16H23N3O.C7H11NO.C6H8/c1-6-7-13(9-8-12(2)11-20)19-15(17)10-14(18-19)16(3,4)5;1-4-6(2)7(3)8-5-9;1-3-5-6-4-2/h1,7-10,12,20H,11,17H2,2-5H3;4-5H,1H2,2-3H3,(H,8,9);3-6H,1-2H2/b9-8-,13-7+;7-6-;6-5+. The predicted octanol–water partition coefficient (Wildman–Crippen LogP) is 5.55. The molecule has 0 fully saturated rings. The molecular formula is C29H42N4O2. The number of aliphatic hydroxyl groups excluding tert-OH is 1. The van der Waals surface area contributed by atoms with Crippen LogP contribution in [0.4, 0.5) is 5.82 Å². The number of nitrogens with one attached hydrogen (secondary N) is 1.